The van der Waals surface area contributed by atoms with Gasteiger partial charge in [0.05, 0.1) is 6.20 Å². The minimum Gasteiger partial charge on any atom is -0.451 e. The number of nitrogens with zero attached hydrogens (tertiary/aromatic N) is 2. The Hall–Kier alpha value is -2.56. The highest BCUT2D eigenvalue weighted by Crippen LogP contribution is 2.26. The summed E-state index contributed by atoms with van der Waals surface area (Å²) < 4.78 is 7.38. The van der Waals surface area contributed by atoms with Crippen LogP contribution in [0.25, 0.3) is 11.0 Å². The van der Waals surface area contributed by atoms with Crippen molar-refractivity contribution in [1.82, 2.24) is 15.1 Å². The Morgan fingerprint density at radius 1 is 1.38 bits per heavy atom. The summed E-state index contributed by atoms with van der Waals surface area (Å²) in [5, 5.41) is 7.92. The van der Waals surface area contributed by atoms with Crippen LogP contribution in [0.15, 0.2) is 35.0 Å². The van der Waals surface area contributed by atoms with E-state index in [4.69, 9.17) is 4.42 Å². The van der Waals surface area contributed by atoms with E-state index in [9.17, 15) is 4.79 Å². The van der Waals surface area contributed by atoms with Crippen LogP contribution < -0.4 is 5.32 Å². The van der Waals surface area contributed by atoms with E-state index in [0.29, 0.717) is 12.3 Å². The summed E-state index contributed by atoms with van der Waals surface area (Å²) in [4.78, 5) is 12.3. The van der Waals surface area contributed by atoms with Crippen LogP contribution in [-0.2, 0) is 13.6 Å². The number of nitrogens with one attached hydrogen (secondary N) is 1. The Bertz CT molecular complexity index is 814. The molecule has 3 rings (SSSR count). The molecule has 0 saturated heterocycles. The van der Waals surface area contributed by atoms with E-state index in [1.165, 1.54) is 0 Å². The highest BCUT2D eigenvalue weighted by Gasteiger charge is 2.17. The molecule has 2 aromatic heterocycles. The normalized spacial score (nSPS) is 11.0. The maximum Gasteiger partial charge on any atom is 0.287 e. The number of carbonyl (C=O) groups excluding carboxylic acids is 1. The number of furan rings is 1. The molecule has 1 aromatic carbocycles. The summed E-state index contributed by atoms with van der Waals surface area (Å²) >= 11 is 0. The van der Waals surface area contributed by atoms with Gasteiger partial charge in [0.1, 0.15) is 5.58 Å². The van der Waals surface area contributed by atoms with Gasteiger partial charge in [-0.2, -0.15) is 5.10 Å². The molecule has 21 heavy (non-hydrogen) atoms. The standard InChI is InChI=1S/C16H17N3O2/c1-10-4-5-14-13(6-10)11(2)15(21-14)16(20)17-7-12-8-18-19(3)9-12/h4-6,8-9H,7H2,1-3H3,(H,17,20). The molecular weight excluding hydrogens is 266 g/mol. The molecule has 1 N–H and O–H groups in total. The zero-order valence-corrected chi connectivity index (χ0v) is 12.3. The predicted octanol–water partition coefficient (Wildman–Crippen LogP) is 2.71. The van der Waals surface area contributed by atoms with Gasteiger partial charge in [0.2, 0.25) is 0 Å². The summed E-state index contributed by atoms with van der Waals surface area (Å²) in [7, 11) is 1.84. The van der Waals surface area contributed by atoms with Gasteiger partial charge in [0.15, 0.2) is 5.76 Å². The van der Waals surface area contributed by atoms with Crippen LogP contribution in [0.3, 0.4) is 0 Å². The molecule has 0 saturated carbocycles. The van der Waals surface area contributed by atoms with Crippen molar-refractivity contribution in [3.63, 3.8) is 0 Å². The lowest BCUT2D eigenvalue weighted by atomic mass is 10.1. The van der Waals surface area contributed by atoms with Crippen LogP contribution in [0.2, 0.25) is 0 Å². The van der Waals surface area contributed by atoms with Crippen molar-refractivity contribution < 1.29 is 9.21 Å². The fraction of sp³-hybridized carbons (Fsp3) is 0.250. The molecule has 5 nitrogen and oxygen atoms in total. The van der Waals surface area contributed by atoms with Crippen molar-refractivity contribution in [1.29, 1.82) is 0 Å². The Labute approximate surface area is 122 Å². The van der Waals surface area contributed by atoms with Crippen LogP contribution >= 0.6 is 0 Å². The second kappa shape index (κ2) is 5.09. The van der Waals surface area contributed by atoms with E-state index in [0.717, 1.165) is 27.7 Å². The topological polar surface area (TPSA) is 60.1 Å². The highest BCUT2D eigenvalue weighted by molar-refractivity contribution is 5.99. The van der Waals surface area contributed by atoms with Gasteiger partial charge in [-0.3, -0.25) is 9.48 Å². The van der Waals surface area contributed by atoms with Crippen molar-refractivity contribution in [3.8, 4) is 0 Å². The first-order chi connectivity index (χ1) is 10.0. The van der Waals surface area contributed by atoms with E-state index >= 15 is 0 Å². The fourth-order valence-electron chi connectivity index (χ4n) is 2.38. The van der Waals surface area contributed by atoms with Gasteiger partial charge in [-0.05, 0) is 26.0 Å². The van der Waals surface area contributed by atoms with Crippen LogP contribution in [-0.4, -0.2) is 15.7 Å². The first-order valence-corrected chi connectivity index (χ1v) is 6.80. The molecule has 108 valence electrons. The van der Waals surface area contributed by atoms with Gasteiger partial charge in [-0.15, -0.1) is 0 Å². The molecule has 1 amide bonds. The van der Waals surface area contributed by atoms with E-state index in [1.54, 1.807) is 10.9 Å². The number of rotatable bonds is 3. The molecule has 0 bridgehead atoms. The SMILES string of the molecule is Cc1ccc2oc(C(=O)NCc3cnn(C)c3)c(C)c2c1. The first kappa shape index (κ1) is 13.4. The summed E-state index contributed by atoms with van der Waals surface area (Å²) in [6.07, 6.45) is 3.60. The van der Waals surface area contributed by atoms with Crippen molar-refractivity contribution in [3.05, 3.63) is 53.0 Å². The quantitative estimate of drug-likeness (QED) is 0.804. The maximum absolute atomic E-state index is 12.3. The van der Waals surface area contributed by atoms with Crippen LogP contribution in [0.5, 0.6) is 0 Å². The summed E-state index contributed by atoms with van der Waals surface area (Å²) in [5.74, 6) is 0.171. The largest absolute Gasteiger partial charge is 0.451 e. The number of fused-ring (bicyclic) bond motifs is 1. The minimum atomic E-state index is -0.204. The molecule has 0 radical (unpaired) electrons. The molecule has 2 heterocycles. The lowest BCUT2D eigenvalue weighted by molar-refractivity contribution is 0.0924. The average molecular weight is 283 g/mol. The monoisotopic (exact) mass is 283 g/mol. The lowest BCUT2D eigenvalue weighted by Crippen LogP contribution is -2.22. The molecule has 0 atom stereocenters. The molecule has 3 aromatic rings. The van der Waals surface area contributed by atoms with Gasteiger partial charge < -0.3 is 9.73 Å². The third kappa shape index (κ3) is 2.54. The van der Waals surface area contributed by atoms with Gasteiger partial charge >= 0.3 is 0 Å². The Kier molecular flexibility index (Phi) is 3.25. The van der Waals surface area contributed by atoms with Gasteiger partial charge in [-0.25, -0.2) is 0 Å². The Morgan fingerprint density at radius 3 is 2.90 bits per heavy atom. The van der Waals surface area contributed by atoms with Crippen molar-refractivity contribution >= 4 is 16.9 Å². The Morgan fingerprint density at radius 2 is 2.19 bits per heavy atom. The predicted molar refractivity (Wildman–Crippen MR) is 80.1 cm³/mol. The van der Waals surface area contributed by atoms with Crippen molar-refractivity contribution in [2.45, 2.75) is 20.4 Å². The third-order valence-electron chi connectivity index (χ3n) is 3.51. The minimum absolute atomic E-state index is 0.204. The summed E-state index contributed by atoms with van der Waals surface area (Å²) in [6, 6.07) is 5.91. The molecule has 0 unspecified atom stereocenters. The average Bonchev–Trinajstić information content (AvgIpc) is 3.01. The summed E-state index contributed by atoms with van der Waals surface area (Å²) in [5.41, 5.74) is 3.71. The smallest absolute Gasteiger partial charge is 0.287 e. The zero-order valence-electron chi connectivity index (χ0n) is 12.3. The van der Waals surface area contributed by atoms with Crippen LogP contribution in [0, 0.1) is 13.8 Å². The molecule has 0 aliphatic rings. The van der Waals surface area contributed by atoms with Gasteiger partial charge in [-0.1, -0.05) is 11.6 Å². The van der Waals surface area contributed by atoms with Crippen LogP contribution in [0.4, 0.5) is 0 Å². The van der Waals surface area contributed by atoms with Crippen molar-refractivity contribution in [2.24, 2.45) is 7.05 Å². The first-order valence-electron chi connectivity index (χ1n) is 6.80. The number of hydrogen-bond donors (Lipinski definition) is 1. The van der Waals surface area contributed by atoms with Gasteiger partial charge in [0, 0.05) is 36.3 Å². The molecule has 0 aliphatic carbocycles. The van der Waals surface area contributed by atoms with E-state index < -0.39 is 0 Å². The molecule has 5 heteroatoms. The highest BCUT2D eigenvalue weighted by atomic mass is 16.3. The maximum atomic E-state index is 12.3. The number of aryl methyl sites for hydroxylation is 3. The Balaban J connectivity index is 1.82. The fourth-order valence-corrected chi connectivity index (χ4v) is 2.38. The second-order valence-electron chi connectivity index (χ2n) is 5.26. The number of carbonyl (C=O) groups is 1. The number of benzene rings is 1. The van der Waals surface area contributed by atoms with Crippen molar-refractivity contribution in [2.75, 3.05) is 0 Å². The van der Waals surface area contributed by atoms with E-state index in [1.807, 2.05) is 45.3 Å². The number of hydrogen-bond acceptors (Lipinski definition) is 3. The molecule has 0 fully saturated rings. The third-order valence-corrected chi connectivity index (χ3v) is 3.51. The molecule has 0 spiro atoms. The lowest BCUT2D eigenvalue weighted by Gasteiger charge is -2.01. The van der Waals surface area contributed by atoms with E-state index in [2.05, 4.69) is 10.4 Å². The van der Waals surface area contributed by atoms with Crippen LogP contribution in [0.1, 0.15) is 27.2 Å². The number of amides is 1. The second-order valence-corrected chi connectivity index (χ2v) is 5.26. The number of aromatic nitrogens is 2. The molecule has 0 aliphatic heterocycles. The zero-order chi connectivity index (χ0) is 15.0. The van der Waals surface area contributed by atoms with Gasteiger partial charge in [0.25, 0.3) is 5.91 Å². The molecular formula is C16H17N3O2. The van der Waals surface area contributed by atoms with E-state index in [-0.39, 0.29) is 5.91 Å². The summed E-state index contributed by atoms with van der Waals surface area (Å²) in [6.45, 7) is 4.36.